The second kappa shape index (κ2) is 6.55. The van der Waals surface area contributed by atoms with E-state index in [0.717, 1.165) is 5.56 Å². The SMILES string of the molecule is O=C(NCC(Cl)c1ccccc1)c1ccc(Cl)cn1. The Hall–Kier alpha value is -1.58. The fraction of sp³-hybridized carbons (Fsp3) is 0.143. The van der Waals surface area contributed by atoms with Gasteiger partial charge in [-0.05, 0) is 17.7 Å². The number of nitrogens with one attached hydrogen (secondary N) is 1. The first-order valence-electron chi connectivity index (χ1n) is 5.75. The molecule has 0 saturated carbocycles. The van der Waals surface area contributed by atoms with Crippen molar-refractivity contribution in [2.45, 2.75) is 5.38 Å². The van der Waals surface area contributed by atoms with Gasteiger partial charge in [0.25, 0.3) is 5.91 Å². The van der Waals surface area contributed by atoms with Crippen LogP contribution in [0.15, 0.2) is 48.7 Å². The molecule has 1 aromatic heterocycles. The first-order valence-corrected chi connectivity index (χ1v) is 6.57. The molecule has 1 amide bonds. The summed E-state index contributed by atoms with van der Waals surface area (Å²) in [7, 11) is 0. The van der Waals surface area contributed by atoms with Crippen LogP contribution in [0.4, 0.5) is 0 Å². The van der Waals surface area contributed by atoms with Gasteiger partial charge in [0.1, 0.15) is 5.69 Å². The second-order valence-corrected chi connectivity index (χ2v) is 4.91. The quantitative estimate of drug-likeness (QED) is 0.878. The van der Waals surface area contributed by atoms with Gasteiger partial charge < -0.3 is 5.32 Å². The molecule has 1 atom stereocenters. The molecule has 1 N–H and O–H groups in total. The van der Waals surface area contributed by atoms with Gasteiger partial charge in [-0.2, -0.15) is 0 Å². The van der Waals surface area contributed by atoms with E-state index in [1.54, 1.807) is 12.1 Å². The number of amides is 1. The Bertz CT molecular complexity index is 543. The molecule has 0 aliphatic rings. The normalized spacial score (nSPS) is 11.9. The number of pyridine rings is 1. The van der Waals surface area contributed by atoms with Crippen molar-refractivity contribution in [3.63, 3.8) is 0 Å². The van der Waals surface area contributed by atoms with E-state index in [9.17, 15) is 4.79 Å². The van der Waals surface area contributed by atoms with Gasteiger partial charge in [-0.25, -0.2) is 4.98 Å². The van der Waals surface area contributed by atoms with E-state index in [4.69, 9.17) is 23.2 Å². The summed E-state index contributed by atoms with van der Waals surface area (Å²) in [6.07, 6.45) is 1.44. The monoisotopic (exact) mass is 294 g/mol. The molecular weight excluding hydrogens is 283 g/mol. The van der Waals surface area contributed by atoms with E-state index >= 15 is 0 Å². The molecule has 0 saturated heterocycles. The maximum Gasteiger partial charge on any atom is 0.269 e. The molecule has 98 valence electrons. The molecule has 0 radical (unpaired) electrons. The fourth-order valence-corrected chi connectivity index (χ4v) is 1.90. The molecule has 0 bridgehead atoms. The summed E-state index contributed by atoms with van der Waals surface area (Å²) in [6.45, 7) is 0.342. The van der Waals surface area contributed by atoms with Gasteiger partial charge in [-0.1, -0.05) is 41.9 Å². The van der Waals surface area contributed by atoms with Crippen LogP contribution in [0.25, 0.3) is 0 Å². The Morgan fingerprint density at radius 2 is 1.95 bits per heavy atom. The Morgan fingerprint density at radius 3 is 2.58 bits per heavy atom. The fourth-order valence-electron chi connectivity index (χ4n) is 1.56. The number of hydrogen-bond acceptors (Lipinski definition) is 2. The Labute approximate surface area is 121 Å². The van der Waals surface area contributed by atoms with E-state index in [2.05, 4.69) is 10.3 Å². The lowest BCUT2D eigenvalue weighted by atomic mass is 10.1. The van der Waals surface area contributed by atoms with Crippen LogP contribution in [0.3, 0.4) is 0 Å². The smallest absolute Gasteiger partial charge is 0.269 e. The lowest BCUT2D eigenvalue weighted by Crippen LogP contribution is -2.27. The predicted molar refractivity (Wildman–Crippen MR) is 76.6 cm³/mol. The van der Waals surface area contributed by atoms with E-state index in [0.29, 0.717) is 17.3 Å². The summed E-state index contributed by atoms with van der Waals surface area (Å²) in [5.74, 6) is -0.266. The summed E-state index contributed by atoms with van der Waals surface area (Å²) in [4.78, 5) is 15.8. The number of carbonyl (C=O) groups excluding carboxylic acids is 1. The Kier molecular flexibility index (Phi) is 4.77. The van der Waals surface area contributed by atoms with Gasteiger partial charge in [-0.15, -0.1) is 11.6 Å². The maximum absolute atomic E-state index is 11.8. The highest BCUT2D eigenvalue weighted by Gasteiger charge is 2.11. The van der Waals surface area contributed by atoms with E-state index in [-0.39, 0.29) is 11.3 Å². The van der Waals surface area contributed by atoms with Crippen molar-refractivity contribution in [3.05, 3.63) is 64.9 Å². The molecule has 2 aromatic rings. The largest absolute Gasteiger partial charge is 0.349 e. The topological polar surface area (TPSA) is 42.0 Å². The second-order valence-electron chi connectivity index (χ2n) is 3.95. The van der Waals surface area contributed by atoms with Crippen LogP contribution in [0.2, 0.25) is 5.02 Å². The number of benzene rings is 1. The minimum absolute atomic E-state index is 0.266. The van der Waals surface area contributed by atoms with Gasteiger partial charge in [0.2, 0.25) is 0 Å². The number of halogens is 2. The van der Waals surface area contributed by atoms with Crippen LogP contribution in [0.1, 0.15) is 21.4 Å². The van der Waals surface area contributed by atoms with Gasteiger partial charge >= 0.3 is 0 Å². The number of alkyl halides is 1. The molecule has 0 fully saturated rings. The minimum Gasteiger partial charge on any atom is -0.349 e. The van der Waals surface area contributed by atoms with Crippen LogP contribution in [-0.4, -0.2) is 17.4 Å². The van der Waals surface area contributed by atoms with Crippen LogP contribution in [-0.2, 0) is 0 Å². The highest BCUT2D eigenvalue weighted by molar-refractivity contribution is 6.30. The van der Waals surface area contributed by atoms with Crippen molar-refractivity contribution in [2.24, 2.45) is 0 Å². The van der Waals surface area contributed by atoms with Crippen molar-refractivity contribution in [1.82, 2.24) is 10.3 Å². The minimum atomic E-state index is -0.266. The number of carbonyl (C=O) groups is 1. The molecule has 19 heavy (non-hydrogen) atoms. The van der Waals surface area contributed by atoms with Gasteiger partial charge in [0, 0.05) is 12.7 Å². The molecule has 2 rings (SSSR count). The summed E-state index contributed by atoms with van der Waals surface area (Å²) in [5, 5.41) is 2.97. The zero-order chi connectivity index (χ0) is 13.7. The van der Waals surface area contributed by atoms with Gasteiger partial charge in [-0.3, -0.25) is 4.79 Å². The number of hydrogen-bond donors (Lipinski definition) is 1. The number of rotatable bonds is 4. The summed E-state index contributed by atoms with van der Waals surface area (Å²) in [6, 6.07) is 12.8. The summed E-state index contributed by atoms with van der Waals surface area (Å²) in [5.41, 5.74) is 1.29. The summed E-state index contributed by atoms with van der Waals surface area (Å²) < 4.78 is 0. The average molecular weight is 295 g/mol. The first kappa shape index (κ1) is 13.8. The zero-order valence-electron chi connectivity index (χ0n) is 10.0. The highest BCUT2D eigenvalue weighted by Crippen LogP contribution is 2.18. The van der Waals surface area contributed by atoms with Gasteiger partial charge in [0.15, 0.2) is 0 Å². The molecule has 0 spiro atoms. The Balaban J connectivity index is 1.92. The van der Waals surface area contributed by atoms with Crippen LogP contribution in [0, 0.1) is 0 Å². The number of aromatic nitrogens is 1. The molecule has 0 aliphatic carbocycles. The molecule has 5 heteroatoms. The van der Waals surface area contributed by atoms with E-state index < -0.39 is 0 Å². The molecule has 3 nitrogen and oxygen atoms in total. The summed E-state index contributed by atoms with van der Waals surface area (Å²) >= 11 is 11.9. The molecular formula is C14H12Cl2N2O. The van der Waals surface area contributed by atoms with E-state index in [1.807, 2.05) is 30.3 Å². The third-order valence-corrected chi connectivity index (χ3v) is 3.19. The predicted octanol–water partition coefficient (Wildman–Crippen LogP) is 3.44. The van der Waals surface area contributed by atoms with Crippen molar-refractivity contribution in [3.8, 4) is 0 Å². The van der Waals surface area contributed by atoms with Crippen LogP contribution >= 0.6 is 23.2 Å². The Morgan fingerprint density at radius 1 is 1.21 bits per heavy atom. The highest BCUT2D eigenvalue weighted by atomic mass is 35.5. The zero-order valence-corrected chi connectivity index (χ0v) is 11.5. The van der Waals surface area contributed by atoms with Crippen molar-refractivity contribution >= 4 is 29.1 Å². The standard InChI is InChI=1S/C14H12Cl2N2O/c15-11-6-7-13(17-8-11)14(19)18-9-12(16)10-4-2-1-3-5-10/h1-8,12H,9H2,(H,18,19). The molecule has 1 unspecified atom stereocenters. The molecule has 1 aromatic carbocycles. The van der Waals surface area contributed by atoms with Crippen LogP contribution < -0.4 is 5.32 Å². The van der Waals surface area contributed by atoms with Gasteiger partial charge in [0.05, 0.1) is 10.4 Å². The maximum atomic E-state index is 11.8. The molecule has 1 heterocycles. The third kappa shape index (κ3) is 3.94. The average Bonchev–Trinajstić information content (AvgIpc) is 2.46. The molecule has 0 aliphatic heterocycles. The lowest BCUT2D eigenvalue weighted by molar-refractivity contribution is 0.0948. The lowest BCUT2D eigenvalue weighted by Gasteiger charge is -2.10. The first-order chi connectivity index (χ1) is 9.16. The third-order valence-electron chi connectivity index (χ3n) is 2.56. The van der Waals surface area contributed by atoms with Crippen molar-refractivity contribution in [2.75, 3.05) is 6.54 Å². The van der Waals surface area contributed by atoms with Crippen molar-refractivity contribution in [1.29, 1.82) is 0 Å². The van der Waals surface area contributed by atoms with Crippen molar-refractivity contribution < 1.29 is 4.79 Å². The van der Waals surface area contributed by atoms with E-state index in [1.165, 1.54) is 6.20 Å². The van der Waals surface area contributed by atoms with Crippen LogP contribution in [0.5, 0.6) is 0 Å². The number of nitrogens with zero attached hydrogens (tertiary/aromatic N) is 1.